The van der Waals surface area contributed by atoms with Crippen LogP contribution in [0.25, 0.3) is 0 Å². The standard InChI is InChI=1S/C17H24N2O2.ClH/c1-20-11-14-9-13-10-18-7-8-19(13)16-4-2-3-15(12-5-6-12)17(16)21-14;/h2-4,12-14,18H,5-11H2,1H3;1H/t13-,14+;/m1./s1. The number of hydrogen-bond acceptors (Lipinski definition) is 4. The molecule has 4 nitrogen and oxygen atoms in total. The van der Waals surface area contributed by atoms with E-state index in [1.165, 1.54) is 24.1 Å². The number of fused-ring (bicyclic) bond motifs is 3. The predicted octanol–water partition coefficient (Wildman–Crippen LogP) is 2.56. The van der Waals surface area contributed by atoms with Crippen molar-refractivity contribution in [1.29, 1.82) is 0 Å². The zero-order chi connectivity index (χ0) is 14.2. The Bertz CT molecular complexity index is 521. The van der Waals surface area contributed by atoms with Crippen molar-refractivity contribution in [3.8, 4) is 5.75 Å². The fourth-order valence-corrected chi connectivity index (χ4v) is 3.71. The number of hydrogen-bond donors (Lipinski definition) is 1. The molecule has 0 radical (unpaired) electrons. The largest absolute Gasteiger partial charge is 0.485 e. The van der Waals surface area contributed by atoms with E-state index in [9.17, 15) is 0 Å². The normalized spacial score (nSPS) is 27.0. The van der Waals surface area contributed by atoms with Crippen LogP contribution in [0.5, 0.6) is 5.75 Å². The van der Waals surface area contributed by atoms with Gasteiger partial charge in [0.05, 0.1) is 12.3 Å². The summed E-state index contributed by atoms with van der Waals surface area (Å²) in [7, 11) is 1.76. The number of ether oxygens (including phenoxy) is 2. The molecule has 2 aliphatic heterocycles. The molecule has 3 aliphatic rings. The number of para-hydroxylation sites is 1. The Balaban J connectivity index is 0.00000144. The molecule has 0 spiro atoms. The molecule has 1 aromatic rings. The predicted molar refractivity (Wildman–Crippen MR) is 90.6 cm³/mol. The molecule has 1 saturated heterocycles. The molecule has 1 saturated carbocycles. The summed E-state index contributed by atoms with van der Waals surface area (Å²) in [5, 5.41) is 3.52. The van der Waals surface area contributed by atoms with Gasteiger partial charge in [-0.2, -0.15) is 0 Å². The number of anilines is 1. The molecule has 22 heavy (non-hydrogen) atoms. The fraction of sp³-hybridized carbons (Fsp3) is 0.647. The minimum atomic E-state index is 0. The van der Waals surface area contributed by atoms with Gasteiger partial charge in [-0.1, -0.05) is 12.1 Å². The maximum Gasteiger partial charge on any atom is 0.146 e. The number of nitrogens with one attached hydrogen (secondary N) is 1. The van der Waals surface area contributed by atoms with Crippen molar-refractivity contribution < 1.29 is 9.47 Å². The van der Waals surface area contributed by atoms with Gasteiger partial charge in [0.25, 0.3) is 0 Å². The Kier molecular flexibility index (Phi) is 4.81. The highest BCUT2D eigenvalue weighted by molar-refractivity contribution is 5.85. The van der Waals surface area contributed by atoms with Crippen LogP contribution in [0.1, 0.15) is 30.7 Å². The van der Waals surface area contributed by atoms with Crippen molar-refractivity contribution >= 4 is 18.1 Å². The molecule has 2 atom stereocenters. The van der Waals surface area contributed by atoms with Gasteiger partial charge < -0.3 is 19.7 Å². The Morgan fingerprint density at radius 3 is 3.00 bits per heavy atom. The highest BCUT2D eigenvalue weighted by Gasteiger charge is 2.36. The summed E-state index contributed by atoms with van der Waals surface area (Å²) in [6.45, 7) is 3.83. The third kappa shape index (κ3) is 2.92. The van der Waals surface area contributed by atoms with Crippen LogP contribution >= 0.6 is 12.4 Å². The highest BCUT2D eigenvalue weighted by Crippen LogP contribution is 2.49. The van der Waals surface area contributed by atoms with Gasteiger partial charge >= 0.3 is 0 Å². The van der Waals surface area contributed by atoms with Crippen molar-refractivity contribution in [3.05, 3.63) is 23.8 Å². The number of piperazine rings is 1. The average Bonchev–Trinajstić information content (AvgIpc) is 3.33. The number of methoxy groups -OCH3 is 1. The monoisotopic (exact) mass is 324 g/mol. The molecular formula is C17H25ClN2O2. The minimum Gasteiger partial charge on any atom is -0.485 e. The molecule has 0 aromatic heterocycles. The number of nitrogens with zero attached hydrogens (tertiary/aromatic N) is 1. The van der Waals surface area contributed by atoms with Crippen LogP contribution in [0.15, 0.2) is 18.2 Å². The lowest BCUT2D eigenvalue weighted by atomic mass is 10.0. The summed E-state index contributed by atoms with van der Waals surface area (Å²) in [5.74, 6) is 1.84. The first-order valence-corrected chi connectivity index (χ1v) is 8.12. The van der Waals surface area contributed by atoms with Crippen LogP contribution < -0.4 is 15.0 Å². The van der Waals surface area contributed by atoms with E-state index < -0.39 is 0 Å². The molecule has 5 heteroatoms. The molecule has 4 rings (SSSR count). The van der Waals surface area contributed by atoms with Crippen LogP contribution in [0.4, 0.5) is 5.69 Å². The third-order valence-electron chi connectivity index (χ3n) is 4.87. The number of benzene rings is 1. The van der Waals surface area contributed by atoms with Crippen molar-refractivity contribution in [2.24, 2.45) is 0 Å². The molecule has 122 valence electrons. The number of rotatable bonds is 3. The first kappa shape index (κ1) is 15.9. The molecule has 0 unspecified atom stereocenters. The first-order chi connectivity index (χ1) is 10.4. The molecule has 2 fully saturated rings. The van der Waals surface area contributed by atoms with Gasteiger partial charge in [-0.15, -0.1) is 12.4 Å². The van der Waals surface area contributed by atoms with E-state index in [2.05, 4.69) is 28.4 Å². The van der Waals surface area contributed by atoms with E-state index in [-0.39, 0.29) is 18.5 Å². The van der Waals surface area contributed by atoms with Crippen molar-refractivity contribution in [2.45, 2.75) is 37.3 Å². The Morgan fingerprint density at radius 1 is 1.36 bits per heavy atom. The fourth-order valence-electron chi connectivity index (χ4n) is 3.71. The molecule has 2 heterocycles. The summed E-state index contributed by atoms with van der Waals surface area (Å²) < 4.78 is 11.8. The second-order valence-corrected chi connectivity index (χ2v) is 6.45. The van der Waals surface area contributed by atoms with E-state index >= 15 is 0 Å². The highest BCUT2D eigenvalue weighted by atomic mass is 35.5. The molecule has 1 aromatic carbocycles. The van der Waals surface area contributed by atoms with Crippen LogP contribution in [0, 0.1) is 0 Å². The maximum absolute atomic E-state index is 6.43. The van der Waals surface area contributed by atoms with Crippen molar-refractivity contribution in [3.63, 3.8) is 0 Å². The van der Waals surface area contributed by atoms with Gasteiger partial charge in [0.2, 0.25) is 0 Å². The lowest BCUT2D eigenvalue weighted by molar-refractivity contribution is 0.0739. The zero-order valence-electron chi connectivity index (χ0n) is 13.1. The van der Waals surface area contributed by atoms with E-state index in [0.717, 1.165) is 31.8 Å². The summed E-state index contributed by atoms with van der Waals surface area (Å²) in [5.41, 5.74) is 2.71. The van der Waals surface area contributed by atoms with Crippen LogP contribution in [-0.2, 0) is 4.74 Å². The lowest BCUT2D eigenvalue weighted by Crippen LogP contribution is -2.52. The van der Waals surface area contributed by atoms with E-state index in [1.54, 1.807) is 7.11 Å². The van der Waals surface area contributed by atoms with Gasteiger partial charge in [0, 0.05) is 39.2 Å². The molecular weight excluding hydrogens is 300 g/mol. The topological polar surface area (TPSA) is 33.7 Å². The summed E-state index contributed by atoms with van der Waals surface area (Å²) in [6.07, 6.45) is 3.79. The van der Waals surface area contributed by atoms with Gasteiger partial charge in [-0.25, -0.2) is 0 Å². The second kappa shape index (κ2) is 6.65. The van der Waals surface area contributed by atoms with Crippen LogP contribution in [0.2, 0.25) is 0 Å². The van der Waals surface area contributed by atoms with Gasteiger partial charge in [-0.05, 0) is 30.4 Å². The van der Waals surface area contributed by atoms with Crippen LogP contribution in [-0.4, -0.2) is 45.5 Å². The first-order valence-electron chi connectivity index (χ1n) is 8.12. The zero-order valence-corrected chi connectivity index (χ0v) is 13.9. The number of halogens is 1. The van der Waals surface area contributed by atoms with Gasteiger partial charge in [0.1, 0.15) is 11.9 Å². The summed E-state index contributed by atoms with van der Waals surface area (Å²) in [4.78, 5) is 2.55. The van der Waals surface area contributed by atoms with Crippen LogP contribution in [0.3, 0.4) is 0 Å². The smallest absolute Gasteiger partial charge is 0.146 e. The third-order valence-corrected chi connectivity index (χ3v) is 4.87. The van der Waals surface area contributed by atoms with E-state index in [4.69, 9.17) is 9.47 Å². The molecule has 1 aliphatic carbocycles. The minimum absolute atomic E-state index is 0. The van der Waals surface area contributed by atoms with Gasteiger partial charge in [0.15, 0.2) is 0 Å². The molecule has 1 N–H and O–H groups in total. The molecule has 0 bridgehead atoms. The summed E-state index contributed by atoms with van der Waals surface area (Å²) >= 11 is 0. The molecule has 0 amide bonds. The Labute approximate surface area is 138 Å². The lowest BCUT2D eigenvalue weighted by Gasteiger charge is -2.37. The summed E-state index contributed by atoms with van der Waals surface area (Å²) in [6, 6.07) is 7.19. The van der Waals surface area contributed by atoms with E-state index in [0.29, 0.717) is 18.6 Å². The Morgan fingerprint density at radius 2 is 2.23 bits per heavy atom. The van der Waals surface area contributed by atoms with Crippen molar-refractivity contribution in [2.75, 3.05) is 38.3 Å². The van der Waals surface area contributed by atoms with E-state index in [1.807, 2.05) is 0 Å². The second-order valence-electron chi connectivity index (χ2n) is 6.45. The van der Waals surface area contributed by atoms with Gasteiger partial charge in [-0.3, -0.25) is 0 Å². The average molecular weight is 325 g/mol. The SMILES string of the molecule is COC[C@@H]1C[C@@H]2CNCCN2c2cccc(C3CC3)c2O1.Cl. The quantitative estimate of drug-likeness (QED) is 0.926. The van der Waals surface area contributed by atoms with Crippen molar-refractivity contribution in [1.82, 2.24) is 5.32 Å². The Hall–Kier alpha value is -0.970. The maximum atomic E-state index is 6.43.